The monoisotopic (exact) mass is 408 g/mol. The number of carbonyl (C=O) groups excluding carboxylic acids is 3. The maximum Gasteiger partial charge on any atom is 0.313 e. The molecule has 2 aliphatic rings. The third kappa shape index (κ3) is 3.98. The summed E-state index contributed by atoms with van der Waals surface area (Å²) in [5, 5.41) is 2.53. The van der Waals surface area contributed by atoms with E-state index in [9.17, 15) is 14.4 Å². The molecule has 8 nitrogen and oxygen atoms in total. The lowest BCUT2D eigenvalue weighted by Gasteiger charge is -2.35. The van der Waals surface area contributed by atoms with E-state index in [-0.39, 0.29) is 23.4 Å². The van der Waals surface area contributed by atoms with Crippen LogP contribution in [0, 0.1) is 0 Å². The normalized spacial score (nSPS) is 20.2. The number of fused-ring (bicyclic) bond motifs is 1. The second-order valence-corrected chi connectivity index (χ2v) is 7.79. The van der Waals surface area contributed by atoms with Gasteiger partial charge in [0.05, 0.1) is 23.5 Å². The molecule has 1 aromatic carbocycles. The lowest BCUT2D eigenvalue weighted by molar-refractivity contribution is -0.145. The average Bonchev–Trinajstić information content (AvgIpc) is 3.12. The van der Waals surface area contributed by atoms with Gasteiger partial charge in [0.25, 0.3) is 0 Å². The average molecular weight is 408 g/mol. The summed E-state index contributed by atoms with van der Waals surface area (Å²) >= 11 is 0. The van der Waals surface area contributed by atoms with E-state index in [2.05, 4.69) is 16.4 Å². The molecule has 2 atom stereocenters. The molecule has 30 heavy (non-hydrogen) atoms. The minimum absolute atomic E-state index is 0.148. The van der Waals surface area contributed by atoms with Gasteiger partial charge in [-0.15, -0.1) is 0 Å². The molecule has 4 rings (SSSR count). The fourth-order valence-electron chi connectivity index (χ4n) is 4.13. The Balaban J connectivity index is 1.52. The van der Waals surface area contributed by atoms with Crippen molar-refractivity contribution >= 4 is 23.4 Å². The summed E-state index contributed by atoms with van der Waals surface area (Å²) in [6, 6.07) is 7.26. The number of anilines is 1. The molecule has 8 heteroatoms. The van der Waals surface area contributed by atoms with Crippen LogP contribution in [0.4, 0.5) is 5.69 Å². The Hall–Kier alpha value is -3.42. The second-order valence-electron chi connectivity index (χ2n) is 7.79. The Bertz CT molecular complexity index is 1010. The van der Waals surface area contributed by atoms with E-state index in [0.29, 0.717) is 6.54 Å². The molecule has 3 heterocycles. The lowest BCUT2D eigenvalue weighted by Crippen LogP contribution is -2.44. The molecule has 2 aliphatic heterocycles. The van der Waals surface area contributed by atoms with Crippen LogP contribution < -0.4 is 15.8 Å². The topological polar surface area (TPSA) is 115 Å². The highest BCUT2D eigenvalue weighted by Gasteiger charge is 2.33. The number of nitrogens with one attached hydrogen (secondary N) is 1. The highest BCUT2D eigenvalue weighted by molar-refractivity contribution is 6.39. The largest absolute Gasteiger partial charge is 0.490 e. The fraction of sp³-hybridized carbons (Fsp3) is 0.364. The lowest BCUT2D eigenvalue weighted by atomic mass is 9.93. The Morgan fingerprint density at radius 3 is 2.83 bits per heavy atom. The number of benzene rings is 1. The first-order valence-electron chi connectivity index (χ1n) is 10.1. The molecule has 3 N–H and O–H groups in total. The number of amides is 3. The molecule has 0 saturated carbocycles. The minimum Gasteiger partial charge on any atom is -0.490 e. The van der Waals surface area contributed by atoms with Crippen molar-refractivity contribution in [1.29, 1.82) is 0 Å². The Labute approximate surface area is 174 Å². The summed E-state index contributed by atoms with van der Waals surface area (Å²) in [4.78, 5) is 42.4. The van der Waals surface area contributed by atoms with Gasteiger partial charge in [0.2, 0.25) is 5.91 Å². The van der Waals surface area contributed by atoms with Gasteiger partial charge in [0.1, 0.15) is 11.9 Å². The van der Waals surface area contributed by atoms with Crippen molar-refractivity contribution in [3.05, 3.63) is 53.3 Å². The van der Waals surface area contributed by atoms with Crippen LogP contribution in [0.25, 0.3) is 0 Å². The number of carbonyl (C=O) groups is 3. The predicted molar refractivity (Wildman–Crippen MR) is 110 cm³/mol. The van der Waals surface area contributed by atoms with Crippen LogP contribution in [0.1, 0.15) is 53.7 Å². The van der Waals surface area contributed by atoms with Crippen LogP contribution in [-0.2, 0) is 16.0 Å². The number of aromatic nitrogens is 1. The molecule has 1 fully saturated rings. The Morgan fingerprint density at radius 2 is 2.03 bits per heavy atom. The molecule has 0 spiro atoms. The van der Waals surface area contributed by atoms with E-state index in [1.807, 2.05) is 19.1 Å². The number of ether oxygens (including phenoxy) is 1. The summed E-state index contributed by atoms with van der Waals surface area (Å²) < 4.78 is 5.77. The number of hydrogen-bond donors (Lipinski definition) is 2. The maximum absolute atomic E-state index is 13.0. The molecule has 1 unspecified atom stereocenters. The van der Waals surface area contributed by atoms with E-state index in [4.69, 9.17) is 10.5 Å². The van der Waals surface area contributed by atoms with Crippen LogP contribution in [0.5, 0.6) is 5.75 Å². The van der Waals surface area contributed by atoms with Gasteiger partial charge in [-0.1, -0.05) is 6.07 Å². The van der Waals surface area contributed by atoms with Crippen LogP contribution >= 0.6 is 0 Å². The van der Waals surface area contributed by atoms with Crippen LogP contribution in [-0.4, -0.2) is 40.3 Å². The molecule has 3 amide bonds. The summed E-state index contributed by atoms with van der Waals surface area (Å²) in [6.07, 6.45) is 6.30. The zero-order valence-electron chi connectivity index (χ0n) is 16.8. The van der Waals surface area contributed by atoms with E-state index in [1.54, 1.807) is 4.90 Å². The van der Waals surface area contributed by atoms with Crippen LogP contribution in [0.3, 0.4) is 0 Å². The third-order valence-electron chi connectivity index (χ3n) is 5.54. The second kappa shape index (κ2) is 8.14. The first-order chi connectivity index (χ1) is 14.4. The molecular weight excluding hydrogens is 384 g/mol. The molecule has 0 aliphatic carbocycles. The van der Waals surface area contributed by atoms with Crippen LogP contribution in [0.15, 0.2) is 36.7 Å². The van der Waals surface area contributed by atoms with E-state index >= 15 is 0 Å². The molecule has 0 radical (unpaired) electrons. The summed E-state index contributed by atoms with van der Waals surface area (Å²) in [7, 11) is 0. The quantitative estimate of drug-likeness (QED) is 0.756. The zero-order chi connectivity index (χ0) is 21.3. The van der Waals surface area contributed by atoms with Gasteiger partial charge in [0, 0.05) is 19.2 Å². The Morgan fingerprint density at radius 1 is 1.20 bits per heavy atom. The summed E-state index contributed by atoms with van der Waals surface area (Å²) in [6.45, 7) is 2.54. The number of nitrogens with two attached hydrogens (primary N) is 1. The van der Waals surface area contributed by atoms with E-state index in [1.165, 1.54) is 18.5 Å². The summed E-state index contributed by atoms with van der Waals surface area (Å²) in [5.74, 6) is -1.13. The highest BCUT2D eigenvalue weighted by atomic mass is 16.5. The number of rotatable bonds is 3. The van der Waals surface area contributed by atoms with Gasteiger partial charge in [0.15, 0.2) is 0 Å². The Kier molecular flexibility index (Phi) is 5.39. The fourth-order valence-corrected chi connectivity index (χ4v) is 4.13. The number of hydrogen-bond acceptors (Lipinski definition) is 5. The first-order valence-corrected chi connectivity index (χ1v) is 10.1. The van der Waals surface area contributed by atoms with Crippen molar-refractivity contribution in [3.63, 3.8) is 0 Å². The van der Waals surface area contributed by atoms with Gasteiger partial charge >= 0.3 is 11.8 Å². The maximum atomic E-state index is 13.0. The number of pyridine rings is 1. The first kappa shape index (κ1) is 19.9. The van der Waals surface area contributed by atoms with Crippen molar-refractivity contribution in [3.8, 4) is 5.75 Å². The minimum atomic E-state index is -0.761. The molecule has 1 saturated heterocycles. The van der Waals surface area contributed by atoms with Gasteiger partial charge in [-0.05, 0) is 55.5 Å². The highest BCUT2D eigenvalue weighted by Crippen LogP contribution is 2.36. The molecule has 156 valence electrons. The van der Waals surface area contributed by atoms with Gasteiger partial charge < -0.3 is 20.7 Å². The van der Waals surface area contributed by atoms with Gasteiger partial charge in [-0.25, -0.2) is 0 Å². The van der Waals surface area contributed by atoms with Crippen molar-refractivity contribution in [2.45, 2.75) is 44.8 Å². The molecule has 2 aromatic rings. The smallest absolute Gasteiger partial charge is 0.313 e. The van der Waals surface area contributed by atoms with Gasteiger partial charge in [-0.3, -0.25) is 19.4 Å². The number of primary amides is 1. The van der Waals surface area contributed by atoms with Crippen LogP contribution in [0.2, 0.25) is 0 Å². The number of nitrogens with zero attached hydrogens (tertiary/aromatic N) is 2. The number of piperidine rings is 1. The van der Waals surface area contributed by atoms with Crippen molar-refractivity contribution in [1.82, 2.24) is 9.88 Å². The summed E-state index contributed by atoms with van der Waals surface area (Å²) in [5.41, 5.74) is 7.81. The zero-order valence-corrected chi connectivity index (χ0v) is 16.8. The third-order valence-corrected chi connectivity index (χ3v) is 5.54. The number of likely N-dealkylation sites (tertiary alicyclic amines) is 1. The molecule has 0 bridgehead atoms. The molecule has 1 aromatic heterocycles. The van der Waals surface area contributed by atoms with E-state index in [0.717, 1.165) is 42.6 Å². The van der Waals surface area contributed by atoms with Gasteiger partial charge in [-0.2, -0.15) is 0 Å². The predicted octanol–water partition coefficient (Wildman–Crippen LogP) is 2.20. The van der Waals surface area contributed by atoms with Crippen molar-refractivity contribution in [2.24, 2.45) is 5.73 Å². The van der Waals surface area contributed by atoms with Crippen molar-refractivity contribution < 1.29 is 19.1 Å². The SMILES string of the molecule is CC1Cc2cc([C@@H]3CCCCN3C(=O)C(=O)Nc3cncc(C(N)=O)c3)ccc2O1. The standard InChI is InChI=1S/C22H24N4O4/c1-13-8-15-9-14(5-6-19(15)30-13)18-4-2-3-7-26(18)22(29)21(28)25-17-10-16(20(23)27)11-24-12-17/h5-6,9-13,18H,2-4,7-8H2,1H3,(H2,23,27)(H,25,28)/t13?,18-/m0/s1. The van der Waals surface area contributed by atoms with Crippen molar-refractivity contribution in [2.75, 3.05) is 11.9 Å². The molecular formula is C22H24N4O4. The van der Waals surface area contributed by atoms with E-state index < -0.39 is 17.7 Å².